The first kappa shape index (κ1) is 10.2. The Bertz CT molecular complexity index is 218. The Hall–Kier alpha value is -0.340. The minimum absolute atomic E-state index is 0.215. The molecule has 0 bridgehead atoms. The van der Waals surface area contributed by atoms with Gasteiger partial charge in [-0.2, -0.15) is 0 Å². The highest BCUT2D eigenvalue weighted by Gasteiger charge is 2.34. The molecule has 2 aliphatic carbocycles. The second-order valence-corrected chi connectivity index (χ2v) is 4.50. The van der Waals surface area contributed by atoms with Gasteiger partial charge >= 0.3 is 0 Å². The van der Waals surface area contributed by atoms with Crippen molar-refractivity contribution in [3.05, 3.63) is 11.6 Å². The summed E-state index contributed by atoms with van der Waals surface area (Å²) in [5.74, 6) is 1.57. The lowest BCUT2D eigenvalue weighted by Crippen LogP contribution is -2.24. The van der Waals surface area contributed by atoms with Crippen LogP contribution in [0.5, 0.6) is 0 Å². The molecule has 0 spiro atoms. The first-order valence-corrected chi connectivity index (χ1v) is 5.75. The van der Waals surface area contributed by atoms with Gasteiger partial charge in [-0.15, -0.1) is 0 Å². The summed E-state index contributed by atoms with van der Waals surface area (Å²) < 4.78 is 5.67. The fraction of sp³-hybridized carbons (Fsp3) is 0.833. The van der Waals surface area contributed by atoms with Crippen LogP contribution in [0.15, 0.2) is 11.6 Å². The van der Waals surface area contributed by atoms with Gasteiger partial charge in [-0.25, -0.2) is 0 Å². The van der Waals surface area contributed by atoms with E-state index < -0.39 is 0 Å². The Labute approximate surface area is 86.0 Å². The molecule has 1 saturated carbocycles. The molecular formula is C12H20O2. The second-order valence-electron chi connectivity index (χ2n) is 4.50. The quantitative estimate of drug-likeness (QED) is 0.698. The normalized spacial score (nSPS) is 32.9. The molecule has 0 amide bonds. The molecule has 0 saturated heterocycles. The molecule has 0 aromatic rings. The number of ether oxygens (including phenoxy) is 1. The van der Waals surface area contributed by atoms with Crippen LogP contribution in [0.2, 0.25) is 0 Å². The molecule has 1 fully saturated rings. The molecule has 0 aliphatic heterocycles. The number of hydrogen-bond donors (Lipinski definition) is 1. The van der Waals surface area contributed by atoms with E-state index in [0.717, 1.165) is 18.9 Å². The number of rotatable bonds is 4. The summed E-state index contributed by atoms with van der Waals surface area (Å²) in [6, 6.07) is 0. The smallest absolute Gasteiger partial charge is 0.0642 e. The molecule has 14 heavy (non-hydrogen) atoms. The van der Waals surface area contributed by atoms with Crippen molar-refractivity contribution in [1.29, 1.82) is 0 Å². The van der Waals surface area contributed by atoms with Gasteiger partial charge in [0.15, 0.2) is 0 Å². The van der Waals surface area contributed by atoms with E-state index >= 15 is 0 Å². The third-order valence-electron chi connectivity index (χ3n) is 3.31. The van der Waals surface area contributed by atoms with Gasteiger partial charge in [-0.1, -0.05) is 6.08 Å². The summed E-state index contributed by atoms with van der Waals surface area (Å²) in [5.41, 5.74) is 1.19. The highest BCUT2D eigenvalue weighted by atomic mass is 16.5. The Morgan fingerprint density at radius 1 is 1.50 bits per heavy atom. The van der Waals surface area contributed by atoms with Crippen LogP contribution in [-0.4, -0.2) is 24.4 Å². The number of hydrogen-bond acceptors (Lipinski definition) is 2. The van der Waals surface area contributed by atoms with Crippen LogP contribution in [0, 0.1) is 11.8 Å². The largest absolute Gasteiger partial charge is 0.392 e. The lowest BCUT2D eigenvalue weighted by atomic mass is 9.85. The summed E-state index contributed by atoms with van der Waals surface area (Å²) in [5, 5.41) is 9.17. The molecule has 80 valence electrons. The molecule has 1 N–H and O–H groups in total. The average molecular weight is 196 g/mol. The van der Waals surface area contributed by atoms with Crippen LogP contribution in [0.25, 0.3) is 0 Å². The Balaban J connectivity index is 1.97. The van der Waals surface area contributed by atoms with Crippen LogP contribution >= 0.6 is 0 Å². The van der Waals surface area contributed by atoms with Crippen molar-refractivity contribution in [2.24, 2.45) is 11.8 Å². The third kappa shape index (κ3) is 2.37. The molecule has 2 rings (SSSR count). The van der Waals surface area contributed by atoms with Gasteiger partial charge in [0.25, 0.3) is 0 Å². The van der Waals surface area contributed by atoms with E-state index in [1.165, 1.54) is 24.8 Å². The first-order chi connectivity index (χ1) is 6.83. The molecule has 2 atom stereocenters. The summed E-state index contributed by atoms with van der Waals surface area (Å²) in [7, 11) is 0. The summed E-state index contributed by atoms with van der Waals surface area (Å²) in [6.07, 6.45) is 7.51. The standard InChI is InChI=1S/C12H20O2/c1-2-14-12-6-9(8-13)5-11(7-12)10-3-4-10/h5,10-13H,2-4,6-8H2,1H3/t11-,12+/m0/s1. The van der Waals surface area contributed by atoms with Gasteiger partial charge in [0.2, 0.25) is 0 Å². The van der Waals surface area contributed by atoms with Crippen molar-refractivity contribution in [1.82, 2.24) is 0 Å². The molecule has 0 radical (unpaired) electrons. The molecule has 2 nitrogen and oxygen atoms in total. The van der Waals surface area contributed by atoms with Crippen LogP contribution < -0.4 is 0 Å². The fourth-order valence-corrected chi connectivity index (χ4v) is 2.45. The van der Waals surface area contributed by atoms with E-state index in [9.17, 15) is 5.11 Å². The zero-order chi connectivity index (χ0) is 9.97. The zero-order valence-corrected chi connectivity index (χ0v) is 8.91. The van der Waals surface area contributed by atoms with Crippen molar-refractivity contribution in [3.8, 4) is 0 Å². The van der Waals surface area contributed by atoms with Crippen molar-refractivity contribution >= 4 is 0 Å². The maximum absolute atomic E-state index is 9.17. The predicted octanol–water partition coefficient (Wildman–Crippen LogP) is 2.13. The van der Waals surface area contributed by atoms with E-state index in [1.54, 1.807) is 0 Å². The summed E-state index contributed by atoms with van der Waals surface area (Å²) in [4.78, 5) is 0. The Morgan fingerprint density at radius 3 is 2.86 bits per heavy atom. The lowest BCUT2D eigenvalue weighted by molar-refractivity contribution is 0.0402. The van der Waals surface area contributed by atoms with Crippen molar-refractivity contribution < 1.29 is 9.84 Å². The molecule has 0 heterocycles. The average Bonchev–Trinajstić information content (AvgIpc) is 3.01. The number of allylic oxidation sites excluding steroid dienone is 1. The van der Waals surface area contributed by atoms with Gasteiger partial charge in [-0.05, 0) is 50.0 Å². The van der Waals surface area contributed by atoms with E-state index in [-0.39, 0.29) is 6.61 Å². The van der Waals surface area contributed by atoms with Crippen molar-refractivity contribution in [2.45, 2.75) is 38.7 Å². The highest BCUT2D eigenvalue weighted by Crippen LogP contribution is 2.43. The Kier molecular flexibility index (Phi) is 3.24. The van der Waals surface area contributed by atoms with Gasteiger partial charge in [0.1, 0.15) is 0 Å². The number of aliphatic hydroxyl groups is 1. The van der Waals surface area contributed by atoms with E-state index in [2.05, 4.69) is 6.08 Å². The highest BCUT2D eigenvalue weighted by molar-refractivity contribution is 5.13. The van der Waals surface area contributed by atoms with Gasteiger partial charge in [0.05, 0.1) is 12.7 Å². The Morgan fingerprint density at radius 2 is 2.29 bits per heavy atom. The second kappa shape index (κ2) is 4.45. The van der Waals surface area contributed by atoms with Gasteiger partial charge in [0, 0.05) is 6.61 Å². The topological polar surface area (TPSA) is 29.5 Å². The molecular weight excluding hydrogens is 176 g/mol. The first-order valence-electron chi connectivity index (χ1n) is 5.75. The molecule has 0 unspecified atom stereocenters. The minimum atomic E-state index is 0.215. The minimum Gasteiger partial charge on any atom is -0.392 e. The SMILES string of the molecule is CCO[C@@H]1CC(CO)=C[C@H](C2CC2)C1. The van der Waals surface area contributed by atoms with Crippen molar-refractivity contribution in [2.75, 3.05) is 13.2 Å². The number of aliphatic hydroxyl groups excluding tert-OH is 1. The summed E-state index contributed by atoms with van der Waals surface area (Å²) in [6.45, 7) is 3.05. The van der Waals surface area contributed by atoms with Crippen LogP contribution in [0.4, 0.5) is 0 Å². The maximum atomic E-state index is 9.17. The van der Waals surface area contributed by atoms with Crippen LogP contribution in [0.1, 0.15) is 32.6 Å². The van der Waals surface area contributed by atoms with Crippen LogP contribution in [-0.2, 0) is 4.74 Å². The van der Waals surface area contributed by atoms with E-state index in [1.807, 2.05) is 6.92 Å². The molecule has 2 aliphatic rings. The van der Waals surface area contributed by atoms with Gasteiger partial charge in [-0.3, -0.25) is 0 Å². The fourth-order valence-electron chi connectivity index (χ4n) is 2.45. The van der Waals surface area contributed by atoms with E-state index in [0.29, 0.717) is 12.0 Å². The van der Waals surface area contributed by atoms with E-state index in [4.69, 9.17) is 4.74 Å². The van der Waals surface area contributed by atoms with Crippen molar-refractivity contribution in [3.63, 3.8) is 0 Å². The maximum Gasteiger partial charge on any atom is 0.0642 e. The van der Waals surface area contributed by atoms with Crippen LogP contribution in [0.3, 0.4) is 0 Å². The molecule has 0 aromatic carbocycles. The lowest BCUT2D eigenvalue weighted by Gasteiger charge is -2.28. The monoisotopic (exact) mass is 196 g/mol. The van der Waals surface area contributed by atoms with Gasteiger partial charge < -0.3 is 9.84 Å². The summed E-state index contributed by atoms with van der Waals surface area (Å²) >= 11 is 0. The predicted molar refractivity (Wildman–Crippen MR) is 56.0 cm³/mol. The molecule has 2 heteroatoms. The molecule has 0 aromatic heterocycles. The third-order valence-corrected chi connectivity index (χ3v) is 3.31. The zero-order valence-electron chi connectivity index (χ0n) is 8.91.